The predicted molar refractivity (Wildman–Crippen MR) is 109 cm³/mol. The second kappa shape index (κ2) is 9.67. The minimum absolute atomic E-state index is 0.0195. The maximum absolute atomic E-state index is 12.9. The van der Waals surface area contributed by atoms with Gasteiger partial charge in [0.25, 0.3) is 0 Å². The molecule has 1 N–H and O–H groups in total. The summed E-state index contributed by atoms with van der Waals surface area (Å²) in [7, 11) is 0. The summed E-state index contributed by atoms with van der Waals surface area (Å²) in [6, 6.07) is 9.90. The Bertz CT molecular complexity index is 778. The fraction of sp³-hybridized carbons (Fsp3) is 0.545. The van der Waals surface area contributed by atoms with Gasteiger partial charge in [0.1, 0.15) is 0 Å². The molecule has 1 fully saturated rings. The Morgan fingerprint density at radius 3 is 2.72 bits per heavy atom. The third kappa shape index (κ3) is 5.43. The zero-order valence-electron chi connectivity index (χ0n) is 17.0. The number of hydrogen-bond donors (Lipinski definition) is 1. The van der Waals surface area contributed by atoms with E-state index < -0.39 is 5.41 Å². The SMILES string of the molecule is CCOC(=O)[C@@]1(Cc2ccccc2)CCCN(C(=O)CCC2=NNC(=O)CC2)C1. The number of rotatable bonds is 7. The number of nitrogens with one attached hydrogen (secondary N) is 1. The highest BCUT2D eigenvalue weighted by atomic mass is 16.5. The lowest BCUT2D eigenvalue weighted by Gasteiger charge is -2.41. The van der Waals surface area contributed by atoms with Crippen LogP contribution in [0.2, 0.25) is 0 Å². The van der Waals surface area contributed by atoms with Gasteiger partial charge >= 0.3 is 5.97 Å². The normalized spacial score (nSPS) is 21.9. The molecular weight excluding hydrogens is 370 g/mol. The molecule has 2 heterocycles. The number of hydrogen-bond acceptors (Lipinski definition) is 5. The van der Waals surface area contributed by atoms with Gasteiger partial charge in [0.2, 0.25) is 11.8 Å². The van der Waals surface area contributed by atoms with E-state index in [1.54, 1.807) is 4.90 Å². The second-order valence-electron chi connectivity index (χ2n) is 7.80. The summed E-state index contributed by atoms with van der Waals surface area (Å²) >= 11 is 0. The Hall–Kier alpha value is -2.70. The number of piperidine rings is 1. The van der Waals surface area contributed by atoms with Gasteiger partial charge in [-0.1, -0.05) is 30.3 Å². The van der Waals surface area contributed by atoms with Crippen LogP contribution in [0, 0.1) is 5.41 Å². The van der Waals surface area contributed by atoms with Crippen LogP contribution in [0.5, 0.6) is 0 Å². The molecule has 0 unspecified atom stereocenters. The number of carbonyl (C=O) groups excluding carboxylic acids is 3. The maximum atomic E-state index is 12.9. The molecule has 0 aliphatic carbocycles. The standard InChI is InChI=1S/C22H29N3O4/c1-2-29-21(28)22(15-17-7-4-3-5-8-17)13-6-14-25(16-22)20(27)12-10-18-9-11-19(26)24-23-18/h3-5,7-8H,2,6,9-16H2,1H3,(H,24,26)/t22-/m1/s1. The third-order valence-corrected chi connectivity index (χ3v) is 5.63. The van der Waals surface area contributed by atoms with Crippen molar-refractivity contribution < 1.29 is 19.1 Å². The van der Waals surface area contributed by atoms with Crippen molar-refractivity contribution in [3.63, 3.8) is 0 Å². The number of ether oxygens (including phenoxy) is 1. The molecule has 0 radical (unpaired) electrons. The molecule has 2 amide bonds. The van der Waals surface area contributed by atoms with Crippen LogP contribution >= 0.6 is 0 Å². The molecule has 1 aromatic carbocycles. The van der Waals surface area contributed by atoms with E-state index in [9.17, 15) is 14.4 Å². The smallest absolute Gasteiger partial charge is 0.314 e. The monoisotopic (exact) mass is 399 g/mol. The average Bonchev–Trinajstić information content (AvgIpc) is 2.74. The quantitative estimate of drug-likeness (QED) is 0.714. The maximum Gasteiger partial charge on any atom is 0.314 e. The molecule has 0 aromatic heterocycles. The lowest BCUT2D eigenvalue weighted by molar-refractivity contribution is -0.160. The first-order valence-electron chi connectivity index (χ1n) is 10.4. The molecular formula is C22H29N3O4. The first kappa shape index (κ1) is 21.0. The Kier molecular flexibility index (Phi) is 7.01. The summed E-state index contributed by atoms with van der Waals surface area (Å²) in [4.78, 5) is 38.8. The predicted octanol–water partition coefficient (Wildman–Crippen LogP) is 2.45. The van der Waals surface area contributed by atoms with Crippen LogP contribution in [-0.2, 0) is 25.5 Å². The minimum Gasteiger partial charge on any atom is -0.466 e. The summed E-state index contributed by atoms with van der Waals surface area (Å²) < 4.78 is 5.41. The van der Waals surface area contributed by atoms with Crippen LogP contribution in [0.4, 0.5) is 0 Å². The minimum atomic E-state index is -0.707. The molecule has 7 nitrogen and oxygen atoms in total. The highest BCUT2D eigenvalue weighted by Gasteiger charge is 2.44. The van der Waals surface area contributed by atoms with Gasteiger partial charge in [-0.3, -0.25) is 14.4 Å². The van der Waals surface area contributed by atoms with Gasteiger partial charge in [0.15, 0.2) is 0 Å². The van der Waals surface area contributed by atoms with E-state index in [2.05, 4.69) is 10.5 Å². The van der Waals surface area contributed by atoms with E-state index in [1.807, 2.05) is 37.3 Å². The highest BCUT2D eigenvalue weighted by Crippen LogP contribution is 2.35. The fourth-order valence-electron chi connectivity index (χ4n) is 4.10. The number of esters is 1. The van der Waals surface area contributed by atoms with Crippen LogP contribution in [-0.4, -0.2) is 48.1 Å². The van der Waals surface area contributed by atoms with Gasteiger partial charge in [0.05, 0.1) is 12.0 Å². The number of carbonyl (C=O) groups is 3. The highest BCUT2D eigenvalue weighted by molar-refractivity contribution is 5.94. The van der Waals surface area contributed by atoms with Crippen LogP contribution in [0.15, 0.2) is 35.4 Å². The second-order valence-corrected chi connectivity index (χ2v) is 7.80. The van der Waals surface area contributed by atoms with Crippen molar-refractivity contribution >= 4 is 23.5 Å². The van der Waals surface area contributed by atoms with Crippen molar-refractivity contribution in [2.24, 2.45) is 10.5 Å². The van der Waals surface area contributed by atoms with E-state index in [4.69, 9.17) is 4.74 Å². The van der Waals surface area contributed by atoms with Crippen LogP contribution < -0.4 is 5.43 Å². The first-order valence-corrected chi connectivity index (χ1v) is 10.4. The Labute approximate surface area is 171 Å². The van der Waals surface area contributed by atoms with Crippen molar-refractivity contribution in [3.05, 3.63) is 35.9 Å². The van der Waals surface area contributed by atoms with Crippen molar-refractivity contribution in [3.8, 4) is 0 Å². The molecule has 0 bridgehead atoms. The van der Waals surface area contributed by atoms with Gasteiger partial charge in [-0.25, -0.2) is 5.43 Å². The number of benzene rings is 1. The molecule has 7 heteroatoms. The van der Waals surface area contributed by atoms with Gasteiger partial charge in [-0.05, 0) is 44.6 Å². The van der Waals surface area contributed by atoms with E-state index >= 15 is 0 Å². The van der Waals surface area contributed by atoms with E-state index in [-0.39, 0.29) is 17.8 Å². The summed E-state index contributed by atoms with van der Waals surface area (Å²) in [6.07, 6.45) is 3.92. The summed E-state index contributed by atoms with van der Waals surface area (Å²) in [5, 5.41) is 4.04. The topological polar surface area (TPSA) is 88.1 Å². The number of nitrogens with zero attached hydrogens (tertiary/aromatic N) is 2. The lowest BCUT2D eigenvalue weighted by Crippen LogP contribution is -2.51. The lowest BCUT2D eigenvalue weighted by atomic mass is 9.75. The van der Waals surface area contributed by atoms with Gasteiger partial charge in [-0.2, -0.15) is 5.10 Å². The molecule has 156 valence electrons. The van der Waals surface area contributed by atoms with Gasteiger partial charge in [0, 0.05) is 31.6 Å². The Balaban J connectivity index is 1.67. The van der Waals surface area contributed by atoms with Crippen molar-refractivity contribution in [1.29, 1.82) is 0 Å². The molecule has 1 aromatic rings. The molecule has 2 aliphatic heterocycles. The summed E-state index contributed by atoms with van der Waals surface area (Å²) in [5.41, 5.74) is 3.68. The molecule has 0 spiro atoms. The molecule has 3 rings (SSSR count). The summed E-state index contributed by atoms with van der Waals surface area (Å²) in [5.74, 6) is -0.289. The number of hydrazone groups is 1. The van der Waals surface area contributed by atoms with Gasteiger partial charge < -0.3 is 9.64 Å². The van der Waals surface area contributed by atoms with Crippen LogP contribution in [0.1, 0.15) is 51.0 Å². The van der Waals surface area contributed by atoms with Crippen molar-refractivity contribution in [1.82, 2.24) is 10.3 Å². The molecule has 29 heavy (non-hydrogen) atoms. The van der Waals surface area contributed by atoms with Crippen molar-refractivity contribution in [2.45, 2.75) is 51.9 Å². The van der Waals surface area contributed by atoms with Crippen molar-refractivity contribution in [2.75, 3.05) is 19.7 Å². The Morgan fingerprint density at radius 1 is 1.24 bits per heavy atom. The molecule has 1 saturated heterocycles. The first-order chi connectivity index (χ1) is 14.0. The van der Waals surface area contributed by atoms with Crippen LogP contribution in [0.3, 0.4) is 0 Å². The van der Waals surface area contributed by atoms with E-state index in [0.29, 0.717) is 58.2 Å². The zero-order valence-corrected chi connectivity index (χ0v) is 17.0. The van der Waals surface area contributed by atoms with E-state index in [0.717, 1.165) is 17.7 Å². The molecule has 2 aliphatic rings. The fourth-order valence-corrected chi connectivity index (χ4v) is 4.10. The average molecular weight is 399 g/mol. The zero-order chi connectivity index (χ0) is 20.7. The molecule has 1 atom stereocenters. The van der Waals surface area contributed by atoms with E-state index in [1.165, 1.54) is 0 Å². The third-order valence-electron chi connectivity index (χ3n) is 5.63. The largest absolute Gasteiger partial charge is 0.466 e. The van der Waals surface area contributed by atoms with Gasteiger partial charge in [-0.15, -0.1) is 0 Å². The number of likely N-dealkylation sites (tertiary alicyclic amines) is 1. The number of amides is 2. The van der Waals surface area contributed by atoms with Crippen LogP contribution in [0.25, 0.3) is 0 Å². The summed E-state index contributed by atoms with van der Waals surface area (Å²) in [6.45, 7) is 3.17. The molecule has 0 saturated carbocycles. The Morgan fingerprint density at radius 2 is 2.03 bits per heavy atom.